The summed E-state index contributed by atoms with van der Waals surface area (Å²) >= 11 is 0. The molecule has 2 heterocycles. The highest BCUT2D eigenvalue weighted by Crippen LogP contribution is 2.32. The first-order valence-electron chi connectivity index (χ1n) is 14.0. The number of allylic oxidation sites excluding steroid dienone is 1. The van der Waals surface area contributed by atoms with Gasteiger partial charge in [-0.2, -0.15) is 0 Å². The minimum absolute atomic E-state index is 0.0634. The smallest absolute Gasteiger partial charge is 0.338 e. The molecule has 44 heavy (non-hydrogen) atoms. The van der Waals surface area contributed by atoms with E-state index >= 15 is 0 Å². The van der Waals surface area contributed by atoms with E-state index in [1.165, 1.54) is 6.08 Å². The number of carbonyl (C=O) groups is 4. The van der Waals surface area contributed by atoms with E-state index in [2.05, 4.69) is 13.2 Å². The molecule has 0 aromatic heterocycles. The van der Waals surface area contributed by atoms with Gasteiger partial charge >= 0.3 is 17.9 Å². The van der Waals surface area contributed by atoms with Gasteiger partial charge in [0.2, 0.25) is 0 Å². The van der Waals surface area contributed by atoms with Gasteiger partial charge in [-0.1, -0.05) is 49.6 Å². The summed E-state index contributed by atoms with van der Waals surface area (Å²) in [5, 5.41) is 3.28. The van der Waals surface area contributed by atoms with Crippen molar-refractivity contribution in [2.45, 2.75) is 30.8 Å². The molecule has 4 aromatic carbocycles. The van der Waals surface area contributed by atoms with Crippen molar-refractivity contribution in [3.8, 4) is 5.75 Å². The van der Waals surface area contributed by atoms with Gasteiger partial charge in [0.1, 0.15) is 18.0 Å². The molecule has 6 rings (SSSR count). The molecule has 0 radical (unpaired) electrons. The van der Waals surface area contributed by atoms with Gasteiger partial charge in [-0.25, -0.2) is 14.4 Å². The molecule has 0 unspecified atom stereocenters. The second kappa shape index (κ2) is 12.2. The highest BCUT2D eigenvalue weighted by Gasteiger charge is 2.51. The average molecular weight is 593 g/mol. The summed E-state index contributed by atoms with van der Waals surface area (Å²) in [5.74, 6) is -1.31. The van der Waals surface area contributed by atoms with E-state index in [9.17, 15) is 19.2 Å². The Bertz CT molecular complexity index is 1690. The summed E-state index contributed by atoms with van der Waals surface area (Å²) in [6, 6.07) is 21.0. The number of benzene rings is 4. The minimum atomic E-state index is -0.671. The van der Waals surface area contributed by atoms with Gasteiger partial charge < -0.3 is 23.7 Å². The second-order valence-electron chi connectivity index (χ2n) is 10.6. The van der Waals surface area contributed by atoms with Crippen molar-refractivity contribution < 1.29 is 42.9 Å². The van der Waals surface area contributed by atoms with E-state index in [-0.39, 0.29) is 25.4 Å². The number of esters is 3. The topological polar surface area (TPSA) is 114 Å². The summed E-state index contributed by atoms with van der Waals surface area (Å²) in [7, 11) is 0. The van der Waals surface area contributed by atoms with Gasteiger partial charge in [-0.15, -0.1) is 0 Å². The van der Waals surface area contributed by atoms with Crippen LogP contribution < -0.4 is 4.74 Å². The molecule has 4 aromatic rings. The normalized spacial score (nSPS) is 20.5. The fourth-order valence-corrected chi connectivity index (χ4v) is 5.42. The maximum absolute atomic E-state index is 13.0. The summed E-state index contributed by atoms with van der Waals surface area (Å²) in [6.45, 7) is 7.11. The van der Waals surface area contributed by atoms with Crippen molar-refractivity contribution in [1.82, 2.24) is 0 Å². The van der Waals surface area contributed by atoms with Gasteiger partial charge in [-0.05, 0) is 69.6 Å². The zero-order valence-corrected chi connectivity index (χ0v) is 23.6. The number of ether oxygens (including phenoxy) is 5. The number of fused-ring (bicyclic) bond motifs is 3. The SMILES string of the molecule is C=CC(=O)Cc1ccc2cc(C(=O)O[C@H]3CO[C@H]4[C@@H]3OC[C@H]4OC(=O)c3ccc4cc(OC(=O)C=C)ccc4c3)ccc2c1. The van der Waals surface area contributed by atoms with E-state index in [4.69, 9.17) is 23.7 Å². The van der Waals surface area contributed by atoms with Crippen LogP contribution in [0.1, 0.15) is 26.3 Å². The van der Waals surface area contributed by atoms with E-state index < -0.39 is 42.3 Å². The van der Waals surface area contributed by atoms with Gasteiger partial charge in [0.15, 0.2) is 18.0 Å². The summed E-state index contributed by atoms with van der Waals surface area (Å²) in [4.78, 5) is 49.2. The molecule has 0 N–H and O–H groups in total. The molecule has 2 fully saturated rings. The highest BCUT2D eigenvalue weighted by molar-refractivity contribution is 5.97. The fraction of sp³-hybridized carbons (Fsp3) is 0.200. The first-order valence-corrected chi connectivity index (χ1v) is 14.0. The predicted molar refractivity (Wildman–Crippen MR) is 161 cm³/mol. The second-order valence-corrected chi connectivity index (χ2v) is 10.6. The monoisotopic (exact) mass is 592 g/mol. The Morgan fingerprint density at radius 2 is 1.20 bits per heavy atom. The zero-order chi connectivity index (χ0) is 30.8. The standard InChI is InChI=1S/C35H28O9/c1-3-27(36)14-20-5-6-22-15-25(9-7-21(22)13-20)34(38)43-29-18-40-33-30(19-41-32(29)33)44-35(39)26-10-8-24-17-28(42-31(37)4-2)12-11-23(24)16-26/h3-13,15-17,29-30,32-33H,1-2,14,18-19H2/t29-,30+,32+,33+/m0/s1. The Morgan fingerprint density at radius 1 is 0.682 bits per heavy atom. The quantitative estimate of drug-likeness (QED) is 0.152. The van der Waals surface area contributed by atoms with Crippen molar-refractivity contribution in [1.29, 1.82) is 0 Å². The van der Waals surface area contributed by atoms with E-state index in [0.29, 0.717) is 16.9 Å². The molecule has 9 nitrogen and oxygen atoms in total. The summed E-state index contributed by atoms with van der Waals surface area (Å²) in [6.07, 6.45) is 0.167. The number of hydrogen-bond donors (Lipinski definition) is 0. The molecular formula is C35H28O9. The van der Waals surface area contributed by atoms with Crippen molar-refractivity contribution in [2.75, 3.05) is 13.2 Å². The maximum Gasteiger partial charge on any atom is 0.338 e. The molecule has 0 saturated carbocycles. The van der Waals surface area contributed by atoms with Gasteiger partial charge in [0.25, 0.3) is 0 Å². The lowest BCUT2D eigenvalue weighted by Crippen LogP contribution is -2.36. The van der Waals surface area contributed by atoms with E-state index in [0.717, 1.165) is 33.2 Å². The third-order valence-corrected chi connectivity index (χ3v) is 7.66. The molecule has 0 aliphatic carbocycles. The lowest BCUT2D eigenvalue weighted by molar-refractivity contribution is -0.129. The Balaban J connectivity index is 1.07. The number of ketones is 1. The minimum Gasteiger partial charge on any atom is -0.453 e. The largest absolute Gasteiger partial charge is 0.453 e. The first kappa shape index (κ1) is 29.0. The van der Waals surface area contributed by atoms with E-state index in [1.54, 1.807) is 48.5 Å². The van der Waals surface area contributed by atoms with Gasteiger partial charge in [0.05, 0.1) is 24.3 Å². The van der Waals surface area contributed by atoms with Crippen LogP contribution >= 0.6 is 0 Å². The van der Waals surface area contributed by atoms with Crippen molar-refractivity contribution >= 4 is 45.2 Å². The Labute approximate surface area is 252 Å². The van der Waals surface area contributed by atoms with Crippen LogP contribution in [0.15, 0.2) is 98.1 Å². The van der Waals surface area contributed by atoms with Gasteiger partial charge in [-0.3, -0.25) is 4.79 Å². The molecule has 4 atom stereocenters. The Hall–Kier alpha value is -5.12. The third kappa shape index (κ3) is 6.01. The fourth-order valence-electron chi connectivity index (χ4n) is 5.42. The lowest BCUT2D eigenvalue weighted by atomic mass is 10.0. The van der Waals surface area contributed by atoms with Crippen LogP contribution in [-0.2, 0) is 35.0 Å². The highest BCUT2D eigenvalue weighted by atomic mass is 16.7. The number of hydrogen-bond acceptors (Lipinski definition) is 9. The van der Waals surface area contributed by atoms with Crippen LogP contribution in [0.25, 0.3) is 21.5 Å². The number of carbonyl (C=O) groups excluding carboxylic acids is 4. The molecule has 2 aliphatic rings. The van der Waals surface area contributed by atoms with Crippen molar-refractivity contribution in [2.24, 2.45) is 0 Å². The Kier molecular flexibility index (Phi) is 8.06. The average Bonchev–Trinajstić information content (AvgIpc) is 3.63. The van der Waals surface area contributed by atoms with Crippen LogP contribution in [0.5, 0.6) is 5.75 Å². The Morgan fingerprint density at radius 3 is 1.77 bits per heavy atom. The molecule has 222 valence electrons. The van der Waals surface area contributed by atoms with Crippen molar-refractivity contribution in [3.63, 3.8) is 0 Å². The van der Waals surface area contributed by atoms with Crippen molar-refractivity contribution in [3.05, 3.63) is 115 Å². The molecule has 9 heteroatoms. The van der Waals surface area contributed by atoms with Gasteiger partial charge in [0, 0.05) is 12.5 Å². The lowest BCUT2D eigenvalue weighted by Gasteiger charge is -2.17. The molecule has 0 amide bonds. The molecule has 0 spiro atoms. The summed E-state index contributed by atoms with van der Waals surface area (Å²) in [5.41, 5.74) is 1.58. The maximum atomic E-state index is 13.0. The summed E-state index contributed by atoms with van der Waals surface area (Å²) < 4.78 is 28.4. The van der Waals surface area contributed by atoms with E-state index in [1.807, 2.05) is 24.3 Å². The third-order valence-electron chi connectivity index (χ3n) is 7.66. The van der Waals surface area contributed by atoms with Crippen LogP contribution in [0, 0.1) is 0 Å². The molecular weight excluding hydrogens is 564 g/mol. The molecule has 2 saturated heterocycles. The van der Waals surface area contributed by atoms with Crippen LogP contribution in [0.3, 0.4) is 0 Å². The van der Waals surface area contributed by atoms with Crippen LogP contribution in [0.2, 0.25) is 0 Å². The molecule has 0 bridgehead atoms. The number of rotatable bonds is 9. The first-order chi connectivity index (χ1) is 21.3. The molecule has 2 aliphatic heterocycles. The zero-order valence-electron chi connectivity index (χ0n) is 23.6. The van der Waals surface area contributed by atoms with Crippen LogP contribution in [-0.4, -0.2) is 61.3 Å². The predicted octanol–water partition coefficient (Wildman–Crippen LogP) is 4.93. The van der Waals surface area contributed by atoms with Crippen LogP contribution in [0.4, 0.5) is 0 Å².